The number of ether oxygens (including phenoxy) is 1. The highest BCUT2D eigenvalue weighted by molar-refractivity contribution is 5.39. The van der Waals surface area contributed by atoms with Crippen LogP contribution in [0.5, 0.6) is 5.75 Å². The van der Waals surface area contributed by atoms with Gasteiger partial charge in [0.15, 0.2) is 0 Å². The summed E-state index contributed by atoms with van der Waals surface area (Å²) in [6, 6.07) is 6.41. The quantitative estimate of drug-likeness (QED) is 0.869. The second-order valence-corrected chi connectivity index (χ2v) is 5.69. The van der Waals surface area contributed by atoms with Gasteiger partial charge in [-0.3, -0.25) is 0 Å². The first-order valence-corrected chi connectivity index (χ1v) is 6.71. The Bertz CT molecular complexity index is 448. The molecule has 0 aliphatic carbocycles. The molecule has 2 unspecified atom stereocenters. The van der Waals surface area contributed by atoms with E-state index >= 15 is 4.39 Å². The van der Waals surface area contributed by atoms with E-state index in [0.29, 0.717) is 24.9 Å². The molecule has 2 saturated heterocycles. The fourth-order valence-corrected chi connectivity index (χ4v) is 3.57. The zero-order valence-electron chi connectivity index (χ0n) is 11.0. The summed E-state index contributed by atoms with van der Waals surface area (Å²) >= 11 is 0. The van der Waals surface area contributed by atoms with Gasteiger partial charge < -0.3 is 10.1 Å². The molecule has 98 valence electrons. The Kier molecular flexibility index (Phi) is 2.81. The molecule has 3 heteroatoms. The van der Waals surface area contributed by atoms with Gasteiger partial charge in [0.1, 0.15) is 11.4 Å². The SMILES string of the molecule is COc1ccc(C2(F)CC3CCC(C2)N3)c(C)c1. The Labute approximate surface area is 108 Å². The minimum Gasteiger partial charge on any atom is -0.497 e. The van der Waals surface area contributed by atoms with Crippen LogP contribution in [0, 0.1) is 6.92 Å². The topological polar surface area (TPSA) is 21.3 Å². The highest BCUT2D eigenvalue weighted by atomic mass is 19.1. The average molecular weight is 249 g/mol. The molecule has 2 nitrogen and oxygen atoms in total. The standard InChI is InChI=1S/C15H20FNO/c1-10-7-13(18-2)5-6-14(10)15(16)8-11-3-4-12(9-15)17-11/h5-7,11-12,17H,3-4,8-9H2,1-2H3. The fraction of sp³-hybridized carbons (Fsp3) is 0.600. The van der Waals surface area contributed by atoms with E-state index in [1.165, 1.54) is 0 Å². The van der Waals surface area contributed by atoms with Gasteiger partial charge in [0.2, 0.25) is 0 Å². The van der Waals surface area contributed by atoms with Crippen molar-refractivity contribution in [1.29, 1.82) is 0 Å². The van der Waals surface area contributed by atoms with E-state index in [2.05, 4.69) is 5.32 Å². The molecular weight excluding hydrogens is 229 g/mol. The van der Waals surface area contributed by atoms with E-state index in [1.54, 1.807) is 7.11 Å². The Balaban J connectivity index is 1.94. The van der Waals surface area contributed by atoms with Crippen LogP contribution in [-0.4, -0.2) is 19.2 Å². The van der Waals surface area contributed by atoms with E-state index in [0.717, 1.165) is 29.7 Å². The molecule has 2 atom stereocenters. The van der Waals surface area contributed by atoms with E-state index in [1.807, 2.05) is 25.1 Å². The molecule has 0 saturated carbocycles. The van der Waals surface area contributed by atoms with Gasteiger partial charge in [0, 0.05) is 24.9 Å². The molecule has 0 aromatic heterocycles. The molecule has 1 N–H and O–H groups in total. The number of aryl methyl sites for hydroxylation is 1. The molecule has 2 fully saturated rings. The summed E-state index contributed by atoms with van der Waals surface area (Å²) in [5.74, 6) is 0.803. The third-order valence-corrected chi connectivity index (χ3v) is 4.39. The second-order valence-electron chi connectivity index (χ2n) is 5.69. The van der Waals surface area contributed by atoms with Crippen LogP contribution < -0.4 is 10.1 Å². The number of rotatable bonds is 2. The van der Waals surface area contributed by atoms with E-state index in [9.17, 15) is 0 Å². The zero-order valence-corrected chi connectivity index (χ0v) is 11.0. The van der Waals surface area contributed by atoms with Crippen LogP contribution in [0.3, 0.4) is 0 Å². The van der Waals surface area contributed by atoms with Crippen molar-refractivity contribution in [3.8, 4) is 5.75 Å². The maximum atomic E-state index is 15.3. The lowest BCUT2D eigenvalue weighted by molar-refractivity contribution is 0.0866. The molecule has 2 aliphatic heterocycles. The second kappa shape index (κ2) is 4.23. The number of hydrogen-bond donors (Lipinski definition) is 1. The number of methoxy groups -OCH3 is 1. The van der Waals surface area contributed by atoms with Gasteiger partial charge >= 0.3 is 0 Å². The number of halogens is 1. The number of piperidine rings is 1. The fourth-order valence-electron chi connectivity index (χ4n) is 3.57. The summed E-state index contributed by atoms with van der Waals surface area (Å²) in [4.78, 5) is 0. The largest absolute Gasteiger partial charge is 0.497 e. The molecular formula is C15H20FNO. The van der Waals surface area contributed by atoms with Gasteiger partial charge in [-0.1, -0.05) is 6.07 Å². The van der Waals surface area contributed by atoms with Gasteiger partial charge in [-0.15, -0.1) is 0 Å². The molecule has 0 amide bonds. The summed E-state index contributed by atoms with van der Waals surface area (Å²) in [7, 11) is 1.64. The van der Waals surface area contributed by atoms with E-state index in [-0.39, 0.29) is 0 Å². The maximum absolute atomic E-state index is 15.3. The van der Waals surface area contributed by atoms with Crippen molar-refractivity contribution in [3.05, 3.63) is 29.3 Å². The molecule has 2 bridgehead atoms. The lowest BCUT2D eigenvalue weighted by atomic mass is 9.81. The first-order chi connectivity index (χ1) is 8.60. The van der Waals surface area contributed by atoms with Crippen molar-refractivity contribution in [2.75, 3.05) is 7.11 Å². The molecule has 0 spiro atoms. The van der Waals surface area contributed by atoms with Crippen molar-refractivity contribution in [2.24, 2.45) is 0 Å². The summed E-state index contributed by atoms with van der Waals surface area (Å²) < 4.78 is 20.5. The predicted molar refractivity (Wildman–Crippen MR) is 69.7 cm³/mol. The van der Waals surface area contributed by atoms with Gasteiger partial charge in [0.25, 0.3) is 0 Å². The van der Waals surface area contributed by atoms with Crippen LogP contribution in [-0.2, 0) is 5.67 Å². The van der Waals surface area contributed by atoms with Gasteiger partial charge in [0.05, 0.1) is 7.11 Å². The molecule has 18 heavy (non-hydrogen) atoms. The van der Waals surface area contributed by atoms with Crippen LogP contribution in [0.4, 0.5) is 4.39 Å². The number of hydrogen-bond acceptors (Lipinski definition) is 2. The summed E-state index contributed by atoms with van der Waals surface area (Å²) in [5, 5.41) is 3.49. The third-order valence-electron chi connectivity index (χ3n) is 4.39. The molecule has 1 aromatic rings. The summed E-state index contributed by atoms with van der Waals surface area (Å²) in [6.07, 6.45) is 3.45. The molecule has 3 rings (SSSR count). The lowest BCUT2D eigenvalue weighted by Gasteiger charge is -2.36. The number of alkyl halides is 1. The van der Waals surface area contributed by atoms with Crippen molar-refractivity contribution in [2.45, 2.75) is 50.4 Å². The van der Waals surface area contributed by atoms with E-state index < -0.39 is 5.67 Å². The van der Waals surface area contributed by atoms with Crippen LogP contribution in [0.2, 0.25) is 0 Å². The Morgan fingerprint density at radius 1 is 1.28 bits per heavy atom. The van der Waals surface area contributed by atoms with Gasteiger partial charge in [-0.25, -0.2) is 4.39 Å². The number of fused-ring (bicyclic) bond motifs is 2. The smallest absolute Gasteiger partial charge is 0.139 e. The number of nitrogens with one attached hydrogen (secondary N) is 1. The van der Waals surface area contributed by atoms with Crippen molar-refractivity contribution < 1.29 is 9.13 Å². The van der Waals surface area contributed by atoms with Gasteiger partial charge in [-0.2, -0.15) is 0 Å². The average Bonchev–Trinajstić information content (AvgIpc) is 2.68. The van der Waals surface area contributed by atoms with Gasteiger partial charge in [-0.05, 0) is 43.0 Å². The van der Waals surface area contributed by atoms with Crippen LogP contribution >= 0.6 is 0 Å². The molecule has 2 heterocycles. The first-order valence-electron chi connectivity index (χ1n) is 6.71. The van der Waals surface area contributed by atoms with E-state index in [4.69, 9.17) is 4.74 Å². The lowest BCUT2D eigenvalue weighted by Crippen LogP contribution is -2.44. The normalized spacial score (nSPS) is 34.6. The van der Waals surface area contributed by atoms with Crippen LogP contribution in [0.1, 0.15) is 36.8 Å². The van der Waals surface area contributed by atoms with Crippen molar-refractivity contribution >= 4 is 0 Å². The minimum absolute atomic E-state index is 0.357. The third kappa shape index (κ3) is 1.91. The van der Waals surface area contributed by atoms with Crippen LogP contribution in [0.25, 0.3) is 0 Å². The van der Waals surface area contributed by atoms with Crippen molar-refractivity contribution in [3.63, 3.8) is 0 Å². The summed E-state index contributed by atoms with van der Waals surface area (Å²) in [6.45, 7) is 1.98. The molecule has 0 radical (unpaired) electrons. The van der Waals surface area contributed by atoms with Crippen LogP contribution in [0.15, 0.2) is 18.2 Å². The number of benzene rings is 1. The first kappa shape index (κ1) is 12.0. The highest BCUT2D eigenvalue weighted by Gasteiger charge is 2.45. The Hall–Kier alpha value is -1.09. The Morgan fingerprint density at radius 2 is 1.94 bits per heavy atom. The maximum Gasteiger partial charge on any atom is 0.139 e. The summed E-state index contributed by atoms with van der Waals surface area (Å²) in [5.41, 5.74) is 0.688. The molecule has 2 aliphatic rings. The highest BCUT2D eigenvalue weighted by Crippen LogP contribution is 2.45. The van der Waals surface area contributed by atoms with Crippen molar-refractivity contribution in [1.82, 2.24) is 5.32 Å². The monoisotopic (exact) mass is 249 g/mol. The molecule has 1 aromatic carbocycles. The minimum atomic E-state index is -1.16. The zero-order chi connectivity index (χ0) is 12.8. The Morgan fingerprint density at radius 3 is 2.50 bits per heavy atom. The predicted octanol–water partition coefficient (Wildman–Crippen LogP) is 3.08.